The Morgan fingerprint density at radius 2 is 1.93 bits per heavy atom. The van der Waals surface area contributed by atoms with Crippen LogP contribution >= 0.6 is 23.4 Å². The fourth-order valence-corrected chi connectivity index (χ4v) is 3.16. The monoisotopic (exact) mass is 401 g/mol. The quantitative estimate of drug-likeness (QED) is 0.543. The van der Waals surface area contributed by atoms with Crippen LogP contribution in [0.5, 0.6) is 0 Å². The highest BCUT2D eigenvalue weighted by Gasteiger charge is 2.10. The first-order valence-electron chi connectivity index (χ1n) is 7.97. The van der Waals surface area contributed by atoms with Crippen molar-refractivity contribution in [3.8, 4) is 0 Å². The molecule has 1 aromatic heterocycles. The number of H-pyrrole nitrogens is 1. The van der Waals surface area contributed by atoms with Crippen LogP contribution in [-0.2, 0) is 10.5 Å². The number of nitrogens with one attached hydrogen (secondary N) is 3. The van der Waals surface area contributed by atoms with Gasteiger partial charge < -0.3 is 10.6 Å². The molecule has 2 amide bonds. The van der Waals surface area contributed by atoms with Crippen molar-refractivity contribution in [2.45, 2.75) is 17.8 Å². The Labute approximate surface area is 164 Å². The van der Waals surface area contributed by atoms with Crippen molar-refractivity contribution in [2.24, 2.45) is 0 Å². The van der Waals surface area contributed by atoms with E-state index in [1.54, 1.807) is 30.3 Å². The number of aromatic nitrogens is 3. The summed E-state index contributed by atoms with van der Waals surface area (Å²) in [5.41, 5.74) is 2.54. The molecule has 0 saturated carbocycles. The van der Waals surface area contributed by atoms with E-state index in [4.69, 9.17) is 11.6 Å². The molecule has 0 saturated heterocycles. The third-order valence-corrected chi connectivity index (χ3v) is 4.80. The van der Waals surface area contributed by atoms with Gasteiger partial charge in [-0.1, -0.05) is 35.5 Å². The highest BCUT2D eigenvalue weighted by Crippen LogP contribution is 2.26. The molecule has 0 radical (unpaired) electrons. The van der Waals surface area contributed by atoms with Gasteiger partial charge in [-0.2, -0.15) is 5.10 Å². The Balaban J connectivity index is 1.64. The largest absolute Gasteiger partial charge is 0.326 e. The lowest BCUT2D eigenvalue weighted by molar-refractivity contribution is -0.114. The number of aromatic amines is 1. The molecule has 2 aromatic carbocycles. The molecule has 0 aliphatic heterocycles. The van der Waals surface area contributed by atoms with Crippen LogP contribution in [0.3, 0.4) is 0 Å². The molecule has 138 valence electrons. The molecule has 27 heavy (non-hydrogen) atoms. The van der Waals surface area contributed by atoms with E-state index in [2.05, 4.69) is 25.8 Å². The van der Waals surface area contributed by atoms with Crippen LogP contribution in [0.2, 0.25) is 5.02 Å². The molecule has 0 unspecified atom stereocenters. The Morgan fingerprint density at radius 3 is 2.59 bits per heavy atom. The molecule has 0 bridgehead atoms. The van der Waals surface area contributed by atoms with Crippen molar-refractivity contribution in [1.82, 2.24) is 15.2 Å². The average molecular weight is 402 g/mol. The first-order chi connectivity index (χ1) is 13.0. The summed E-state index contributed by atoms with van der Waals surface area (Å²) in [6.07, 6.45) is 1.46. The second-order valence-corrected chi connectivity index (χ2v) is 6.98. The highest BCUT2D eigenvalue weighted by molar-refractivity contribution is 7.98. The van der Waals surface area contributed by atoms with Crippen LogP contribution < -0.4 is 10.6 Å². The number of anilines is 2. The van der Waals surface area contributed by atoms with Crippen LogP contribution in [0.15, 0.2) is 53.9 Å². The van der Waals surface area contributed by atoms with Gasteiger partial charge in [0.05, 0.1) is 10.7 Å². The van der Waals surface area contributed by atoms with E-state index < -0.39 is 0 Å². The third-order valence-electron chi connectivity index (χ3n) is 3.52. The van der Waals surface area contributed by atoms with Gasteiger partial charge in [0.25, 0.3) is 5.91 Å². The summed E-state index contributed by atoms with van der Waals surface area (Å²) in [5.74, 6) is 0.224. The van der Waals surface area contributed by atoms with Gasteiger partial charge in [0.1, 0.15) is 6.33 Å². The molecule has 0 atom stereocenters. The SMILES string of the molecule is CC(=O)Nc1ccc(Cl)c(NC(=O)c2ccc(CSc3ncn[nH]3)cc2)c1. The third kappa shape index (κ3) is 5.32. The van der Waals surface area contributed by atoms with E-state index in [0.29, 0.717) is 27.7 Å². The molecule has 3 N–H and O–H groups in total. The van der Waals surface area contributed by atoms with Crippen LogP contribution in [0.1, 0.15) is 22.8 Å². The molecule has 3 rings (SSSR count). The van der Waals surface area contributed by atoms with Crippen molar-refractivity contribution >= 4 is 46.6 Å². The average Bonchev–Trinajstić information content (AvgIpc) is 3.16. The van der Waals surface area contributed by atoms with Crippen molar-refractivity contribution in [3.63, 3.8) is 0 Å². The lowest BCUT2D eigenvalue weighted by Gasteiger charge is -2.10. The summed E-state index contributed by atoms with van der Waals surface area (Å²) < 4.78 is 0. The number of nitrogens with zero attached hydrogens (tertiary/aromatic N) is 2. The molecule has 0 fully saturated rings. The highest BCUT2D eigenvalue weighted by atomic mass is 35.5. The number of thioether (sulfide) groups is 1. The minimum absolute atomic E-state index is 0.201. The molecule has 3 aromatic rings. The zero-order chi connectivity index (χ0) is 19.2. The van der Waals surface area contributed by atoms with E-state index in [9.17, 15) is 9.59 Å². The minimum atomic E-state index is -0.286. The van der Waals surface area contributed by atoms with Crippen molar-refractivity contribution in [3.05, 3.63) is 64.9 Å². The topological polar surface area (TPSA) is 99.8 Å². The second-order valence-electron chi connectivity index (χ2n) is 5.61. The number of carbonyl (C=O) groups is 2. The lowest BCUT2D eigenvalue weighted by atomic mass is 10.1. The number of hydrogen-bond donors (Lipinski definition) is 3. The van der Waals surface area contributed by atoms with Crippen LogP contribution in [0, 0.1) is 0 Å². The number of benzene rings is 2. The summed E-state index contributed by atoms with van der Waals surface area (Å²) in [4.78, 5) is 27.7. The van der Waals surface area contributed by atoms with E-state index >= 15 is 0 Å². The normalized spacial score (nSPS) is 10.4. The zero-order valence-corrected chi connectivity index (χ0v) is 15.9. The zero-order valence-electron chi connectivity index (χ0n) is 14.3. The van der Waals surface area contributed by atoms with Gasteiger partial charge in [0.15, 0.2) is 5.16 Å². The minimum Gasteiger partial charge on any atom is -0.326 e. The van der Waals surface area contributed by atoms with E-state index in [1.807, 2.05) is 12.1 Å². The first-order valence-corrected chi connectivity index (χ1v) is 9.33. The Morgan fingerprint density at radius 1 is 1.15 bits per heavy atom. The summed E-state index contributed by atoms with van der Waals surface area (Å²) in [6, 6.07) is 12.2. The summed E-state index contributed by atoms with van der Waals surface area (Å²) in [6.45, 7) is 1.41. The van der Waals surface area contributed by atoms with Crippen molar-refractivity contribution in [1.29, 1.82) is 0 Å². The Hall–Kier alpha value is -2.84. The van der Waals surface area contributed by atoms with Gasteiger partial charge in [-0.15, -0.1) is 0 Å². The predicted octanol–water partition coefficient (Wildman–Crippen LogP) is 3.96. The molecule has 0 aliphatic carbocycles. The van der Waals surface area contributed by atoms with Gasteiger partial charge in [0, 0.05) is 23.9 Å². The van der Waals surface area contributed by atoms with Gasteiger partial charge in [0.2, 0.25) is 5.91 Å². The van der Waals surface area contributed by atoms with Gasteiger partial charge in [-0.05, 0) is 35.9 Å². The maximum absolute atomic E-state index is 12.5. The summed E-state index contributed by atoms with van der Waals surface area (Å²) in [7, 11) is 0. The number of carbonyl (C=O) groups excluding carboxylic acids is 2. The summed E-state index contributed by atoms with van der Waals surface area (Å²) in [5, 5.41) is 13.1. The molecule has 1 heterocycles. The fraction of sp³-hybridized carbons (Fsp3) is 0.111. The Kier molecular flexibility index (Phi) is 6.10. The molecule has 7 nitrogen and oxygen atoms in total. The van der Waals surface area contributed by atoms with E-state index in [-0.39, 0.29) is 11.8 Å². The number of halogens is 1. The Bertz CT molecular complexity index is 945. The smallest absolute Gasteiger partial charge is 0.255 e. The maximum atomic E-state index is 12.5. The van der Waals surface area contributed by atoms with Crippen LogP contribution in [0.25, 0.3) is 0 Å². The maximum Gasteiger partial charge on any atom is 0.255 e. The second kappa shape index (κ2) is 8.70. The number of amides is 2. The molecular formula is C18H16ClN5O2S. The summed E-state index contributed by atoms with van der Waals surface area (Å²) >= 11 is 7.66. The van der Waals surface area contributed by atoms with Crippen molar-refractivity contribution in [2.75, 3.05) is 10.6 Å². The standard InChI is InChI=1S/C18H16ClN5O2S/c1-11(25)22-14-6-7-15(19)16(8-14)23-17(26)13-4-2-12(3-5-13)9-27-18-20-10-21-24-18/h2-8,10H,9H2,1H3,(H,22,25)(H,23,26)(H,20,21,24). The molecule has 9 heteroatoms. The van der Waals surface area contributed by atoms with Gasteiger partial charge in [-0.3, -0.25) is 14.7 Å². The first kappa shape index (κ1) is 18.9. The fourth-order valence-electron chi connectivity index (χ4n) is 2.26. The van der Waals surface area contributed by atoms with Crippen LogP contribution in [0.4, 0.5) is 11.4 Å². The number of hydrogen-bond acceptors (Lipinski definition) is 5. The number of rotatable bonds is 6. The van der Waals surface area contributed by atoms with Gasteiger partial charge in [-0.25, -0.2) is 4.98 Å². The van der Waals surface area contributed by atoms with Crippen molar-refractivity contribution < 1.29 is 9.59 Å². The van der Waals surface area contributed by atoms with Gasteiger partial charge >= 0.3 is 0 Å². The molecule has 0 spiro atoms. The molecular weight excluding hydrogens is 386 g/mol. The van der Waals surface area contributed by atoms with Crippen LogP contribution in [-0.4, -0.2) is 27.0 Å². The molecule has 0 aliphatic rings. The van der Waals surface area contributed by atoms with E-state index in [1.165, 1.54) is 25.0 Å². The van der Waals surface area contributed by atoms with E-state index in [0.717, 1.165) is 10.7 Å². The predicted molar refractivity (Wildman–Crippen MR) is 106 cm³/mol. The lowest BCUT2D eigenvalue weighted by Crippen LogP contribution is -2.13.